The quantitative estimate of drug-likeness (QED) is 0.0773. The van der Waals surface area contributed by atoms with Crippen LogP contribution in [0.4, 0.5) is 0 Å². The van der Waals surface area contributed by atoms with Crippen LogP contribution < -0.4 is 0 Å². The SMILES string of the molecule is O=C(O)CCC1=C(CC(=O)O)c2cc3[nH]c(cc4[nH]c(cc5nc(cc1n2)C(CCC(=O)O)=C5CC(=O)O)c(CCC(=O)O)c4C(O)C(=O)O)c(CCC(=O)O)c3CC(=O)O. The number of nitrogens with zero attached hydrogens (tertiary/aromatic N) is 2. The molecule has 0 aliphatic carbocycles. The molecule has 11 N–H and O–H groups in total. The first-order valence-electron chi connectivity index (χ1n) is 18.4. The van der Waals surface area contributed by atoms with E-state index in [-0.39, 0.29) is 109 Å². The summed E-state index contributed by atoms with van der Waals surface area (Å²) >= 11 is 0. The Morgan fingerprint density at radius 3 is 1.23 bits per heavy atom. The number of hydrogen-bond donors (Lipinski definition) is 11. The van der Waals surface area contributed by atoms with Gasteiger partial charge in [-0.2, -0.15) is 0 Å². The summed E-state index contributed by atoms with van der Waals surface area (Å²) in [6.07, 6.45) is -8.06. The molecule has 5 rings (SSSR count). The van der Waals surface area contributed by atoms with Crippen LogP contribution in [0.3, 0.4) is 0 Å². The maximum absolute atomic E-state index is 12.4. The van der Waals surface area contributed by atoms with Gasteiger partial charge < -0.3 is 55.9 Å². The summed E-state index contributed by atoms with van der Waals surface area (Å²) in [5, 5.41) is 89.8. The number of aromatic amines is 2. The minimum absolute atomic E-state index is 0.00230. The van der Waals surface area contributed by atoms with Gasteiger partial charge in [-0.3, -0.25) is 33.6 Å². The largest absolute Gasteiger partial charge is 0.481 e. The fourth-order valence-corrected chi connectivity index (χ4v) is 7.40. The van der Waals surface area contributed by atoms with E-state index >= 15 is 0 Å². The van der Waals surface area contributed by atoms with Gasteiger partial charge in [0.25, 0.3) is 0 Å². The van der Waals surface area contributed by atoms with Gasteiger partial charge in [-0.15, -0.1) is 0 Å². The number of nitrogens with one attached hydrogen (secondary N) is 2. The molecular weight excluding hydrogens is 808 g/mol. The molecule has 3 aromatic rings. The molecule has 0 saturated carbocycles. The zero-order valence-electron chi connectivity index (χ0n) is 31.9. The second kappa shape index (κ2) is 18.5. The number of aryl methyl sites for hydroxylation is 2. The Morgan fingerprint density at radius 2 is 0.803 bits per heavy atom. The lowest BCUT2D eigenvalue weighted by atomic mass is 9.95. The number of carboxylic acid groups (broad SMARTS) is 8. The molecule has 21 heteroatoms. The van der Waals surface area contributed by atoms with Crippen LogP contribution >= 0.6 is 0 Å². The summed E-state index contributed by atoms with van der Waals surface area (Å²) in [7, 11) is 0. The van der Waals surface area contributed by atoms with Crippen molar-refractivity contribution in [2.24, 2.45) is 0 Å². The molecule has 320 valence electrons. The second-order valence-electron chi connectivity index (χ2n) is 14.0. The molecule has 21 nitrogen and oxygen atoms in total. The molecule has 3 aromatic heterocycles. The van der Waals surface area contributed by atoms with Crippen LogP contribution in [0.25, 0.3) is 44.4 Å². The van der Waals surface area contributed by atoms with Crippen LogP contribution in [0.1, 0.15) is 103 Å². The van der Waals surface area contributed by atoms with Crippen molar-refractivity contribution < 1.29 is 84.3 Å². The molecule has 5 heterocycles. The Morgan fingerprint density at radius 1 is 0.426 bits per heavy atom. The Balaban J connectivity index is 2.12. The number of carboxylic acids is 8. The number of rotatable bonds is 20. The van der Waals surface area contributed by atoms with Crippen molar-refractivity contribution in [2.45, 2.75) is 76.7 Å². The summed E-state index contributed by atoms with van der Waals surface area (Å²) in [6.45, 7) is 0. The Bertz CT molecular complexity index is 2630. The summed E-state index contributed by atoms with van der Waals surface area (Å²) in [5.41, 5.74) is -0.725. The van der Waals surface area contributed by atoms with Gasteiger partial charge in [-0.05, 0) is 88.9 Å². The zero-order valence-corrected chi connectivity index (χ0v) is 31.9. The van der Waals surface area contributed by atoms with Crippen molar-refractivity contribution in [1.82, 2.24) is 19.9 Å². The Hall–Kier alpha value is -7.68. The van der Waals surface area contributed by atoms with Crippen LogP contribution in [0.2, 0.25) is 0 Å². The number of aliphatic hydroxyl groups is 1. The fourth-order valence-electron chi connectivity index (χ4n) is 7.40. The van der Waals surface area contributed by atoms with Crippen molar-refractivity contribution in [2.75, 3.05) is 0 Å². The van der Waals surface area contributed by atoms with Crippen molar-refractivity contribution >= 4 is 92.1 Å². The van der Waals surface area contributed by atoms with Gasteiger partial charge in [-0.25, -0.2) is 14.8 Å². The lowest BCUT2D eigenvalue weighted by Gasteiger charge is -2.08. The molecule has 0 amide bonds. The number of carbonyl (C=O) groups is 8. The number of fused-ring (bicyclic) bond motifs is 8. The number of hydrogen-bond acceptors (Lipinski definition) is 11. The molecular formula is C40H38N4O17. The highest BCUT2D eigenvalue weighted by Crippen LogP contribution is 2.41. The molecule has 61 heavy (non-hydrogen) atoms. The number of aromatic nitrogens is 4. The van der Waals surface area contributed by atoms with Crippen LogP contribution in [0.15, 0.2) is 24.3 Å². The number of aliphatic carboxylic acids is 8. The molecule has 0 aromatic carbocycles. The summed E-state index contributed by atoms with van der Waals surface area (Å²) < 4.78 is 0. The van der Waals surface area contributed by atoms with Gasteiger partial charge in [0, 0.05) is 53.3 Å². The van der Waals surface area contributed by atoms with Gasteiger partial charge in [0.2, 0.25) is 0 Å². The molecule has 0 radical (unpaired) electrons. The first kappa shape index (κ1) is 44.4. The average molecular weight is 847 g/mol. The van der Waals surface area contributed by atoms with E-state index in [4.69, 9.17) is 0 Å². The third-order valence-electron chi connectivity index (χ3n) is 9.91. The fraction of sp³-hybridized carbons (Fsp3) is 0.300. The number of allylic oxidation sites excluding steroid dienone is 2. The average Bonchev–Trinajstić information content (AvgIpc) is 3.84. The predicted octanol–water partition coefficient (Wildman–Crippen LogP) is 3.59. The smallest absolute Gasteiger partial charge is 0.337 e. The lowest BCUT2D eigenvalue weighted by Crippen LogP contribution is -2.12. The van der Waals surface area contributed by atoms with Gasteiger partial charge >= 0.3 is 47.8 Å². The van der Waals surface area contributed by atoms with Gasteiger partial charge in [0.05, 0.1) is 42.0 Å². The topological polar surface area (TPSA) is 376 Å². The Labute approximate surface area is 342 Å². The highest BCUT2D eigenvalue weighted by molar-refractivity contribution is 6.02. The minimum Gasteiger partial charge on any atom is -0.481 e. The maximum atomic E-state index is 12.4. The van der Waals surface area contributed by atoms with Crippen LogP contribution in [0, 0.1) is 0 Å². The minimum atomic E-state index is -2.33. The van der Waals surface area contributed by atoms with Gasteiger partial charge in [-0.1, -0.05) is 0 Å². The van der Waals surface area contributed by atoms with Crippen molar-refractivity contribution in [3.05, 3.63) is 69.3 Å². The van der Waals surface area contributed by atoms with Crippen molar-refractivity contribution in [3.63, 3.8) is 0 Å². The van der Waals surface area contributed by atoms with E-state index in [1.54, 1.807) is 0 Å². The van der Waals surface area contributed by atoms with Crippen LogP contribution in [0.5, 0.6) is 0 Å². The van der Waals surface area contributed by atoms with Crippen LogP contribution in [-0.2, 0) is 57.6 Å². The van der Waals surface area contributed by atoms with E-state index in [2.05, 4.69) is 19.9 Å². The molecule has 2 aliphatic rings. The molecule has 0 saturated heterocycles. The zero-order chi connectivity index (χ0) is 44.9. The first-order chi connectivity index (χ1) is 28.7. The van der Waals surface area contributed by atoms with Gasteiger partial charge in [0.1, 0.15) is 0 Å². The highest BCUT2D eigenvalue weighted by Gasteiger charge is 2.30. The standard InChI is InChI=1S/C40H38N4O17/c45-31(46)5-1-16-20(9-35(53)54)27-13-26-19(4-8-34(51)52)38(39(59)40(60)61)30(44-26)15-25-18(3-7-33(49)50)22(11-37(57)58)29(43-25)14-28-21(10-36(55)56)17(2-6-32(47)48)24(42-28)12-23(16)41-27/h12-15,39,43-44,59H,1-11H2,(H,45,46)(H,47,48)(H,49,50)(H,51,52)(H,53,54)(H,55,56)(H,57,58)(H,60,61). The lowest BCUT2D eigenvalue weighted by molar-refractivity contribution is -0.147. The third kappa shape index (κ3) is 10.5. The summed E-state index contributed by atoms with van der Waals surface area (Å²) in [5.74, 6) is -11.0. The van der Waals surface area contributed by atoms with E-state index < -0.39 is 105 Å². The van der Waals surface area contributed by atoms with E-state index in [0.29, 0.717) is 0 Å². The van der Waals surface area contributed by atoms with Crippen molar-refractivity contribution in [1.29, 1.82) is 0 Å². The molecule has 2 aliphatic heterocycles. The summed E-state index contributed by atoms with van der Waals surface area (Å²) in [6, 6.07) is 5.05. The van der Waals surface area contributed by atoms with E-state index in [9.17, 15) is 84.3 Å². The van der Waals surface area contributed by atoms with E-state index in [1.165, 1.54) is 24.3 Å². The summed E-state index contributed by atoms with van der Waals surface area (Å²) in [4.78, 5) is 112. The normalized spacial score (nSPS) is 12.9. The molecule has 0 spiro atoms. The third-order valence-corrected chi connectivity index (χ3v) is 9.91. The number of aliphatic hydroxyl groups excluding tert-OH is 1. The second-order valence-corrected chi connectivity index (χ2v) is 14.0. The van der Waals surface area contributed by atoms with E-state index in [1.807, 2.05) is 0 Å². The molecule has 1 atom stereocenters. The maximum Gasteiger partial charge on any atom is 0.337 e. The molecule has 8 bridgehead atoms. The molecule has 1 unspecified atom stereocenters. The van der Waals surface area contributed by atoms with E-state index in [0.717, 1.165) is 0 Å². The monoisotopic (exact) mass is 846 g/mol. The molecule has 0 fully saturated rings. The first-order valence-corrected chi connectivity index (χ1v) is 18.4. The predicted molar refractivity (Wildman–Crippen MR) is 209 cm³/mol. The van der Waals surface area contributed by atoms with Crippen molar-refractivity contribution in [3.8, 4) is 0 Å². The highest BCUT2D eigenvalue weighted by atomic mass is 16.4. The van der Waals surface area contributed by atoms with Gasteiger partial charge in [0.15, 0.2) is 6.10 Å². The Kier molecular flexibility index (Phi) is 13.5. The van der Waals surface area contributed by atoms with Crippen LogP contribution in [-0.4, -0.2) is 114 Å². The number of H-pyrrole nitrogens is 2.